The molecule has 0 spiro atoms. The van der Waals surface area contributed by atoms with Gasteiger partial charge in [-0.1, -0.05) is 26.8 Å². The Balaban J connectivity index is 2.62. The molecule has 2 rings (SSSR count). The number of aromatic nitrogens is 1. The molecule has 0 amide bonds. The number of Topliss-reactive ketones (excluding diaryl/α,β-unsaturated/α-hetero) is 1. The Kier molecular flexibility index (Phi) is 3.38. The van der Waals surface area contributed by atoms with Crippen LogP contribution in [0, 0.1) is 22.0 Å². The lowest BCUT2D eigenvalue weighted by atomic mass is 9.89. The van der Waals surface area contributed by atoms with Crippen molar-refractivity contribution in [3.05, 3.63) is 40.1 Å². The number of rotatable bonds is 4. The van der Waals surface area contributed by atoms with Gasteiger partial charge >= 0.3 is 0 Å². The van der Waals surface area contributed by atoms with Gasteiger partial charge in [-0.25, -0.2) is 0 Å². The van der Waals surface area contributed by atoms with Crippen molar-refractivity contribution >= 4 is 22.4 Å². The quantitative estimate of drug-likeness (QED) is 0.519. The lowest BCUT2D eigenvalue weighted by Gasteiger charge is -2.13. The molecule has 5 nitrogen and oxygen atoms in total. The summed E-state index contributed by atoms with van der Waals surface area (Å²) < 4.78 is 0. The lowest BCUT2D eigenvalue weighted by molar-refractivity contribution is -0.383. The standard InChI is InChI=1S/C14H16N2O3/c1-8(2)9(3)14(17)10-7-15-11-5-4-6-12(13(10)11)16(18)19/h4-9,15H,1-3H3. The third-order valence-electron chi connectivity index (χ3n) is 3.56. The van der Waals surface area contributed by atoms with Crippen LogP contribution in [-0.2, 0) is 0 Å². The second-order valence-electron chi connectivity index (χ2n) is 5.06. The number of nitrogens with one attached hydrogen (secondary N) is 1. The Labute approximate surface area is 110 Å². The summed E-state index contributed by atoms with van der Waals surface area (Å²) in [5.74, 6) is -0.0328. The first kappa shape index (κ1) is 13.3. The van der Waals surface area contributed by atoms with Crippen molar-refractivity contribution < 1.29 is 9.72 Å². The van der Waals surface area contributed by atoms with Gasteiger partial charge in [-0.05, 0) is 12.0 Å². The van der Waals surface area contributed by atoms with Crippen LogP contribution in [0.25, 0.3) is 10.9 Å². The fraction of sp³-hybridized carbons (Fsp3) is 0.357. The summed E-state index contributed by atoms with van der Waals surface area (Å²) in [6, 6.07) is 4.77. The summed E-state index contributed by atoms with van der Waals surface area (Å²) in [7, 11) is 0. The zero-order valence-corrected chi connectivity index (χ0v) is 11.1. The predicted molar refractivity (Wildman–Crippen MR) is 73.3 cm³/mol. The number of non-ortho nitro benzene ring substituents is 1. The molecule has 0 aliphatic carbocycles. The number of fused-ring (bicyclic) bond motifs is 1. The highest BCUT2D eigenvalue weighted by atomic mass is 16.6. The number of nitro groups is 1. The normalized spacial score (nSPS) is 12.8. The average Bonchev–Trinajstić information content (AvgIpc) is 2.80. The van der Waals surface area contributed by atoms with Crippen LogP contribution in [-0.4, -0.2) is 15.7 Å². The number of benzene rings is 1. The number of hydrogen-bond acceptors (Lipinski definition) is 3. The Hall–Kier alpha value is -2.17. The SMILES string of the molecule is CC(C)C(C)C(=O)c1c[nH]c2cccc([N+](=O)[O-])c12. The number of carbonyl (C=O) groups is 1. The van der Waals surface area contributed by atoms with Gasteiger partial charge in [-0.2, -0.15) is 0 Å². The van der Waals surface area contributed by atoms with Crippen LogP contribution in [0.3, 0.4) is 0 Å². The van der Waals surface area contributed by atoms with E-state index in [4.69, 9.17) is 0 Å². The van der Waals surface area contributed by atoms with Gasteiger partial charge in [0.1, 0.15) is 0 Å². The maximum absolute atomic E-state index is 12.4. The Morgan fingerprint density at radius 3 is 2.58 bits per heavy atom. The molecule has 0 aliphatic heterocycles. The Bertz CT molecular complexity index is 643. The molecular weight excluding hydrogens is 244 g/mol. The molecule has 1 N–H and O–H groups in total. The molecule has 0 saturated carbocycles. The van der Waals surface area contributed by atoms with Gasteiger partial charge in [-0.3, -0.25) is 14.9 Å². The molecule has 0 radical (unpaired) electrons. The van der Waals surface area contributed by atoms with E-state index in [0.29, 0.717) is 16.5 Å². The van der Waals surface area contributed by atoms with E-state index >= 15 is 0 Å². The van der Waals surface area contributed by atoms with Crippen molar-refractivity contribution in [2.24, 2.45) is 11.8 Å². The van der Waals surface area contributed by atoms with Gasteiger partial charge in [0.2, 0.25) is 0 Å². The fourth-order valence-electron chi connectivity index (χ4n) is 2.06. The fourth-order valence-corrected chi connectivity index (χ4v) is 2.06. The molecule has 1 atom stereocenters. The third-order valence-corrected chi connectivity index (χ3v) is 3.56. The molecule has 5 heteroatoms. The van der Waals surface area contributed by atoms with Crippen LogP contribution in [0.1, 0.15) is 31.1 Å². The van der Waals surface area contributed by atoms with Crippen molar-refractivity contribution in [2.75, 3.05) is 0 Å². The molecule has 0 fully saturated rings. The molecule has 0 bridgehead atoms. The molecule has 100 valence electrons. The molecule has 2 aromatic rings. The van der Waals surface area contributed by atoms with Crippen molar-refractivity contribution in [3.8, 4) is 0 Å². The number of aromatic amines is 1. The number of carbonyl (C=O) groups excluding carboxylic acids is 1. The van der Waals surface area contributed by atoms with Crippen molar-refractivity contribution in [1.29, 1.82) is 0 Å². The minimum Gasteiger partial charge on any atom is -0.360 e. The van der Waals surface area contributed by atoms with E-state index in [9.17, 15) is 14.9 Å². The van der Waals surface area contributed by atoms with E-state index in [0.717, 1.165) is 0 Å². The van der Waals surface area contributed by atoms with Crippen LogP contribution in [0.4, 0.5) is 5.69 Å². The molecule has 1 unspecified atom stereocenters. The van der Waals surface area contributed by atoms with E-state index in [1.165, 1.54) is 6.07 Å². The molecule has 1 aromatic heterocycles. The molecule has 0 aliphatic rings. The van der Waals surface area contributed by atoms with Crippen molar-refractivity contribution in [1.82, 2.24) is 4.98 Å². The van der Waals surface area contributed by atoms with Crippen LogP contribution < -0.4 is 0 Å². The maximum Gasteiger partial charge on any atom is 0.279 e. The highest BCUT2D eigenvalue weighted by Gasteiger charge is 2.25. The summed E-state index contributed by atoms with van der Waals surface area (Å²) in [6.07, 6.45) is 1.57. The molecule has 19 heavy (non-hydrogen) atoms. The number of H-pyrrole nitrogens is 1. The maximum atomic E-state index is 12.4. The summed E-state index contributed by atoms with van der Waals surface area (Å²) in [6.45, 7) is 5.78. The zero-order valence-electron chi connectivity index (χ0n) is 11.1. The first-order valence-electron chi connectivity index (χ1n) is 6.22. The number of nitro benzene ring substituents is 1. The third kappa shape index (κ3) is 2.23. The van der Waals surface area contributed by atoms with Crippen LogP contribution in [0.15, 0.2) is 24.4 Å². The van der Waals surface area contributed by atoms with Crippen LogP contribution in [0.5, 0.6) is 0 Å². The summed E-state index contributed by atoms with van der Waals surface area (Å²) in [5, 5.41) is 11.5. The van der Waals surface area contributed by atoms with Crippen molar-refractivity contribution in [3.63, 3.8) is 0 Å². The average molecular weight is 260 g/mol. The minimum atomic E-state index is -0.451. The van der Waals surface area contributed by atoms with Gasteiger partial charge < -0.3 is 4.98 Å². The summed E-state index contributed by atoms with van der Waals surface area (Å²) in [4.78, 5) is 25.9. The first-order chi connectivity index (χ1) is 8.93. The lowest BCUT2D eigenvalue weighted by Crippen LogP contribution is -2.16. The van der Waals surface area contributed by atoms with E-state index < -0.39 is 4.92 Å². The second-order valence-corrected chi connectivity index (χ2v) is 5.06. The molecule has 0 saturated heterocycles. The second kappa shape index (κ2) is 4.84. The smallest absolute Gasteiger partial charge is 0.279 e. The Morgan fingerprint density at radius 1 is 1.32 bits per heavy atom. The van der Waals surface area contributed by atoms with Gasteiger partial charge in [0.25, 0.3) is 5.69 Å². The van der Waals surface area contributed by atoms with Crippen LogP contribution >= 0.6 is 0 Å². The summed E-state index contributed by atoms with van der Waals surface area (Å²) in [5.41, 5.74) is 0.995. The van der Waals surface area contributed by atoms with E-state index in [1.807, 2.05) is 20.8 Å². The molecular formula is C14H16N2O3. The minimum absolute atomic E-state index is 0.0296. The van der Waals surface area contributed by atoms with Gasteiger partial charge in [0.15, 0.2) is 5.78 Å². The number of hydrogen-bond donors (Lipinski definition) is 1. The topological polar surface area (TPSA) is 76.0 Å². The van der Waals surface area contributed by atoms with Gasteiger partial charge in [0.05, 0.1) is 21.4 Å². The van der Waals surface area contributed by atoms with Gasteiger partial charge in [0, 0.05) is 18.2 Å². The molecule has 1 aromatic carbocycles. The Morgan fingerprint density at radius 2 is 2.00 bits per heavy atom. The highest BCUT2D eigenvalue weighted by molar-refractivity contribution is 6.11. The first-order valence-corrected chi connectivity index (χ1v) is 6.22. The van der Waals surface area contributed by atoms with Crippen LogP contribution in [0.2, 0.25) is 0 Å². The largest absolute Gasteiger partial charge is 0.360 e. The predicted octanol–water partition coefficient (Wildman–Crippen LogP) is 3.55. The summed E-state index contributed by atoms with van der Waals surface area (Å²) >= 11 is 0. The number of nitrogens with zero attached hydrogens (tertiary/aromatic N) is 1. The van der Waals surface area contributed by atoms with E-state index in [1.54, 1.807) is 18.3 Å². The zero-order chi connectivity index (χ0) is 14.2. The van der Waals surface area contributed by atoms with Crippen molar-refractivity contribution in [2.45, 2.75) is 20.8 Å². The van der Waals surface area contributed by atoms with Gasteiger partial charge in [-0.15, -0.1) is 0 Å². The highest BCUT2D eigenvalue weighted by Crippen LogP contribution is 2.30. The van der Waals surface area contributed by atoms with E-state index in [-0.39, 0.29) is 23.3 Å². The number of ketones is 1. The monoisotopic (exact) mass is 260 g/mol. The molecule has 1 heterocycles. The van der Waals surface area contributed by atoms with E-state index in [2.05, 4.69) is 4.98 Å².